The lowest BCUT2D eigenvalue weighted by Crippen LogP contribution is -2.71. The molecule has 0 bridgehead atoms. The molecule has 2 aromatic rings. The molecule has 0 aromatic heterocycles. The SMILES string of the molecule is C[Si](C)(C)OS1(=O)=C([Si](C)(C)c2ccccc2)S(=O)(O[Si](C)(C)C)=C1[Si](C)(C)c1ccccc1. The van der Waals surface area contributed by atoms with Crippen molar-refractivity contribution in [2.45, 2.75) is 65.5 Å². The summed E-state index contributed by atoms with van der Waals surface area (Å²) in [5.74, 6) is 0. The van der Waals surface area contributed by atoms with E-state index in [9.17, 15) is 0 Å². The van der Waals surface area contributed by atoms with Crippen LogP contribution in [0.5, 0.6) is 0 Å². The smallest absolute Gasteiger partial charge is 0.205 e. The molecule has 0 radical (unpaired) electrons. The molecule has 34 heavy (non-hydrogen) atoms. The van der Waals surface area contributed by atoms with Crippen molar-refractivity contribution >= 4 is 70.4 Å². The van der Waals surface area contributed by atoms with E-state index in [1.54, 1.807) is 0 Å². The van der Waals surface area contributed by atoms with Crippen LogP contribution in [0.3, 0.4) is 0 Å². The lowest BCUT2D eigenvalue weighted by atomic mass is 10.4. The summed E-state index contributed by atoms with van der Waals surface area (Å²) in [5.41, 5.74) is 0. The average molecular weight is 569 g/mol. The van der Waals surface area contributed by atoms with Gasteiger partial charge in [-0.05, 0) is 39.3 Å². The third-order valence-corrected chi connectivity index (χ3v) is 31.1. The van der Waals surface area contributed by atoms with Crippen molar-refractivity contribution < 1.29 is 16.2 Å². The molecule has 0 saturated heterocycles. The Morgan fingerprint density at radius 3 is 1.00 bits per heavy atom. The Bertz CT molecular complexity index is 1180. The molecule has 0 unspecified atom stereocenters. The highest BCUT2D eigenvalue weighted by atomic mass is 32.3. The van der Waals surface area contributed by atoms with Crippen LogP contribution in [0.2, 0.25) is 65.5 Å². The molecule has 1 heterocycles. The molecule has 0 fully saturated rings. The molecule has 188 valence electrons. The highest BCUT2D eigenvalue weighted by molar-refractivity contribution is 8.53. The second-order valence-electron chi connectivity index (χ2n) is 12.0. The van der Waals surface area contributed by atoms with Crippen molar-refractivity contribution in [2.24, 2.45) is 0 Å². The Hall–Kier alpha value is -0.732. The first-order valence-electron chi connectivity index (χ1n) is 11.7. The zero-order valence-electron chi connectivity index (χ0n) is 22.2. The lowest BCUT2D eigenvalue weighted by Gasteiger charge is -2.47. The van der Waals surface area contributed by atoms with Gasteiger partial charge in [0.2, 0.25) is 16.6 Å². The average Bonchev–Trinajstić information content (AvgIpc) is 2.65. The van der Waals surface area contributed by atoms with Crippen molar-refractivity contribution in [1.82, 2.24) is 0 Å². The molecule has 10 heteroatoms. The Morgan fingerprint density at radius 1 is 0.500 bits per heavy atom. The van der Waals surface area contributed by atoms with Gasteiger partial charge in [-0.25, -0.2) is 8.42 Å². The van der Waals surface area contributed by atoms with E-state index in [1.165, 1.54) is 0 Å². The maximum Gasteiger partial charge on any atom is 0.205 e. The molecule has 0 saturated carbocycles. The third-order valence-electron chi connectivity index (χ3n) is 5.72. The Labute approximate surface area is 211 Å². The fraction of sp³-hybridized carbons (Fsp3) is 0.417. The molecule has 0 amide bonds. The van der Waals surface area contributed by atoms with Gasteiger partial charge in [0.1, 0.15) is 43.4 Å². The molecule has 0 spiro atoms. The van der Waals surface area contributed by atoms with Gasteiger partial charge in [-0.15, -0.1) is 0 Å². The topological polar surface area (TPSA) is 52.6 Å². The van der Waals surface area contributed by atoms with Crippen LogP contribution in [0.1, 0.15) is 0 Å². The van der Waals surface area contributed by atoms with Crippen LogP contribution in [0.15, 0.2) is 60.7 Å². The minimum absolute atomic E-state index is 0.579. The van der Waals surface area contributed by atoms with Crippen LogP contribution in [-0.4, -0.2) is 48.8 Å². The molecule has 0 N–H and O–H groups in total. The number of hydrogen-bond acceptors (Lipinski definition) is 4. The van der Waals surface area contributed by atoms with E-state index in [0.717, 1.165) is 10.4 Å². The van der Waals surface area contributed by atoms with Crippen LogP contribution in [0.25, 0.3) is 0 Å². The summed E-state index contributed by atoms with van der Waals surface area (Å²) >= 11 is 0. The number of rotatable bonds is 8. The predicted octanol–water partition coefficient (Wildman–Crippen LogP) is 4.67. The van der Waals surface area contributed by atoms with E-state index < -0.39 is 52.4 Å². The van der Waals surface area contributed by atoms with Gasteiger partial charge in [-0.3, -0.25) is 0 Å². The van der Waals surface area contributed by atoms with Crippen molar-refractivity contribution in [3.8, 4) is 0 Å². The van der Waals surface area contributed by atoms with Gasteiger partial charge in [-0.2, -0.15) is 0 Å². The van der Waals surface area contributed by atoms with Crippen LogP contribution < -0.4 is 10.4 Å². The molecule has 4 nitrogen and oxygen atoms in total. The van der Waals surface area contributed by atoms with Gasteiger partial charge in [0.25, 0.3) is 0 Å². The molecule has 0 aliphatic carbocycles. The first-order valence-corrected chi connectivity index (χ1v) is 27.5. The maximum absolute atomic E-state index is 15.2. The molecule has 0 atom stereocenters. The fourth-order valence-corrected chi connectivity index (χ4v) is 34.6. The van der Waals surface area contributed by atoms with E-state index in [4.69, 9.17) is 7.74 Å². The van der Waals surface area contributed by atoms with Gasteiger partial charge < -0.3 is 7.74 Å². The van der Waals surface area contributed by atoms with E-state index >= 15 is 8.42 Å². The van der Waals surface area contributed by atoms with E-state index in [2.05, 4.69) is 89.7 Å². The first kappa shape index (κ1) is 27.8. The molecule has 3 rings (SSSR count). The normalized spacial score (nSPS) is 24.2. The predicted molar refractivity (Wildman–Crippen MR) is 162 cm³/mol. The zero-order valence-corrected chi connectivity index (χ0v) is 27.9. The van der Waals surface area contributed by atoms with Crippen molar-refractivity contribution in [3.63, 3.8) is 0 Å². The lowest BCUT2D eigenvalue weighted by molar-refractivity contribution is 0.563. The van der Waals surface area contributed by atoms with Crippen molar-refractivity contribution in [1.29, 1.82) is 0 Å². The van der Waals surface area contributed by atoms with E-state index in [-0.39, 0.29) is 0 Å². The van der Waals surface area contributed by atoms with Gasteiger partial charge in [0, 0.05) is 0 Å². The molecule has 1 aliphatic heterocycles. The van der Waals surface area contributed by atoms with E-state index in [1.807, 2.05) is 36.4 Å². The van der Waals surface area contributed by atoms with Crippen molar-refractivity contribution in [3.05, 3.63) is 60.7 Å². The van der Waals surface area contributed by atoms with Gasteiger partial charge in [-0.1, -0.05) is 97.2 Å². The summed E-state index contributed by atoms with van der Waals surface area (Å²) in [4.78, 5) is 0. The maximum atomic E-state index is 15.2. The first-order chi connectivity index (χ1) is 15.4. The molecular formula is C24H40O4S2Si4. The van der Waals surface area contributed by atoms with Crippen LogP contribution in [0, 0.1) is 0 Å². The molecular weight excluding hydrogens is 529 g/mol. The number of hydrogen-bond donors (Lipinski definition) is 0. The standard InChI is InChI=1S/C24H40O4S2Si4/c1-31(2,3)27-29(25)23(33(7,8)21-17-13-11-14-18-21)30(26,28-32(4,5)6)24(29)34(9,10)22-19-15-12-16-20-22/h11-20H,1-10H3. The second kappa shape index (κ2) is 8.98. The highest BCUT2D eigenvalue weighted by Crippen LogP contribution is 2.36. The van der Waals surface area contributed by atoms with Gasteiger partial charge in [0.15, 0.2) is 0 Å². The summed E-state index contributed by atoms with van der Waals surface area (Å²) < 4.78 is 44.9. The zero-order chi connectivity index (χ0) is 25.8. The largest absolute Gasteiger partial charge is 0.339 e. The van der Waals surface area contributed by atoms with Crippen LogP contribution in [0.4, 0.5) is 0 Å². The van der Waals surface area contributed by atoms with Gasteiger partial charge >= 0.3 is 0 Å². The number of benzene rings is 2. The van der Waals surface area contributed by atoms with Crippen LogP contribution in [-0.2, 0) is 27.3 Å². The minimum Gasteiger partial charge on any atom is -0.339 e. The second-order valence-corrected chi connectivity index (χ2v) is 36.0. The third kappa shape index (κ3) is 5.06. The van der Waals surface area contributed by atoms with Crippen molar-refractivity contribution in [2.75, 3.05) is 0 Å². The summed E-state index contributed by atoms with van der Waals surface area (Å²) in [6.07, 6.45) is 0. The monoisotopic (exact) mass is 568 g/mol. The Kier molecular flexibility index (Phi) is 7.36. The minimum atomic E-state index is -3.08. The van der Waals surface area contributed by atoms with Gasteiger partial charge in [0.05, 0.1) is 0 Å². The van der Waals surface area contributed by atoms with E-state index in [0.29, 0.717) is 7.64 Å². The quantitative estimate of drug-likeness (QED) is 0.343. The molecule has 2 aromatic carbocycles. The van der Waals surface area contributed by atoms with Crippen LogP contribution >= 0.6 is 0 Å². The highest BCUT2D eigenvalue weighted by Gasteiger charge is 2.59. The summed E-state index contributed by atoms with van der Waals surface area (Å²) in [7, 11) is -16.0. The summed E-state index contributed by atoms with van der Waals surface area (Å²) in [6, 6.07) is 20.2. The fourth-order valence-electron chi connectivity index (χ4n) is 4.57. The summed E-state index contributed by atoms with van der Waals surface area (Å²) in [6.45, 7) is 20.9. The Balaban J connectivity index is 2.46. The Morgan fingerprint density at radius 2 is 0.765 bits per heavy atom. The summed E-state index contributed by atoms with van der Waals surface area (Å²) in [5, 5.41) is 2.20. The molecule has 1 aliphatic rings.